The first kappa shape index (κ1) is 17.1. The molecule has 2 aliphatic heterocycles. The molecule has 0 spiro atoms. The lowest BCUT2D eigenvalue weighted by Crippen LogP contribution is -2.52. The fraction of sp³-hybridized carbons (Fsp3) is 0.211. The fourth-order valence-electron chi connectivity index (χ4n) is 2.81. The van der Waals surface area contributed by atoms with Gasteiger partial charge in [-0.15, -0.1) is 16.4 Å². The standard InChI is InChI=1S/C19H18N4OS2/c1-2-11-26-19-21-18(24)17-14-7-3-4-8-15(14)20-16(23(17)22-19)10-9-13-6-5-12-25-13/h3-10,12,16H,2,11H2,1H3,(H,21,22,24)/b10-9+/t16-/m0/s1. The molecule has 2 aromatic rings. The average Bonchev–Trinajstić information content (AvgIpc) is 3.17. The summed E-state index contributed by atoms with van der Waals surface area (Å²) in [5.74, 6) is 0.779. The molecule has 7 heteroatoms. The van der Waals surface area contributed by atoms with Gasteiger partial charge < -0.3 is 0 Å². The van der Waals surface area contributed by atoms with Gasteiger partial charge in [0.2, 0.25) is 0 Å². The summed E-state index contributed by atoms with van der Waals surface area (Å²) < 4.78 is 0. The van der Waals surface area contributed by atoms with Crippen LogP contribution in [0.5, 0.6) is 0 Å². The largest absolute Gasteiger partial charge is 0.298 e. The number of fused-ring (bicyclic) bond motifs is 2. The molecule has 0 aliphatic carbocycles. The molecule has 5 nitrogen and oxygen atoms in total. The molecule has 0 radical (unpaired) electrons. The number of para-hydroxylation sites is 1. The highest BCUT2D eigenvalue weighted by Gasteiger charge is 2.32. The number of hydrogen-bond donors (Lipinski definition) is 1. The third kappa shape index (κ3) is 3.32. The molecule has 132 valence electrons. The Morgan fingerprint density at radius 2 is 2.19 bits per heavy atom. The van der Waals surface area contributed by atoms with Gasteiger partial charge in [0.25, 0.3) is 5.91 Å². The Morgan fingerprint density at radius 3 is 3.00 bits per heavy atom. The van der Waals surface area contributed by atoms with Crippen molar-refractivity contribution in [2.24, 2.45) is 10.1 Å². The topological polar surface area (TPSA) is 57.1 Å². The van der Waals surface area contributed by atoms with Crippen molar-refractivity contribution in [3.63, 3.8) is 0 Å². The summed E-state index contributed by atoms with van der Waals surface area (Å²) in [6.07, 6.45) is 4.70. The molecule has 0 unspecified atom stereocenters. The minimum atomic E-state index is -0.342. The Balaban J connectivity index is 1.79. The van der Waals surface area contributed by atoms with E-state index in [-0.39, 0.29) is 12.1 Å². The van der Waals surface area contributed by atoms with E-state index in [0.29, 0.717) is 10.9 Å². The second-order valence-electron chi connectivity index (χ2n) is 5.84. The molecule has 1 N–H and O–H groups in total. The Morgan fingerprint density at radius 1 is 1.31 bits per heavy atom. The minimum Gasteiger partial charge on any atom is -0.298 e. The van der Waals surface area contributed by atoms with Crippen molar-refractivity contribution in [3.05, 3.63) is 63.3 Å². The number of carbonyl (C=O) groups is 1. The Hall–Kier alpha value is -2.38. The molecule has 0 bridgehead atoms. The zero-order valence-corrected chi connectivity index (χ0v) is 15.9. The van der Waals surface area contributed by atoms with Crippen LogP contribution in [-0.2, 0) is 4.79 Å². The van der Waals surface area contributed by atoms with Crippen LogP contribution in [0.1, 0.15) is 18.2 Å². The molecule has 0 saturated carbocycles. The maximum absolute atomic E-state index is 12.8. The van der Waals surface area contributed by atoms with Crippen molar-refractivity contribution in [2.75, 3.05) is 5.75 Å². The lowest BCUT2D eigenvalue weighted by molar-refractivity contribution is -0.116. The van der Waals surface area contributed by atoms with E-state index in [1.807, 2.05) is 47.9 Å². The monoisotopic (exact) mass is 382 g/mol. The molecule has 2 aliphatic rings. The van der Waals surface area contributed by atoms with Gasteiger partial charge in [-0.25, -0.2) is 5.01 Å². The van der Waals surface area contributed by atoms with Crippen molar-refractivity contribution < 1.29 is 4.79 Å². The second-order valence-corrected chi connectivity index (χ2v) is 7.90. The summed E-state index contributed by atoms with van der Waals surface area (Å²) in [6, 6.07) is 11.8. The summed E-state index contributed by atoms with van der Waals surface area (Å²) in [5.41, 5.74) is 0.553. The van der Waals surface area contributed by atoms with Crippen LogP contribution in [0.25, 0.3) is 11.8 Å². The average molecular weight is 383 g/mol. The summed E-state index contributed by atoms with van der Waals surface area (Å²) in [5, 5.41) is 13.6. The number of carbonyl (C=O) groups excluding carboxylic acids is 1. The lowest BCUT2D eigenvalue weighted by atomic mass is 10.1. The molecule has 4 rings (SSSR count). The zero-order chi connectivity index (χ0) is 17.9. The highest BCUT2D eigenvalue weighted by Crippen LogP contribution is 2.22. The summed E-state index contributed by atoms with van der Waals surface area (Å²) in [4.78, 5) is 18.7. The smallest absolute Gasteiger partial charge is 0.276 e. The van der Waals surface area contributed by atoms with E-state index in [2.05, 4.69) is 23.4 Å². The third-order valence-corrected chi connectivity index (χ3v) is 5.87. The quantitative estimate of drug-likeness (QED) is 0.883. The number of amidine groups is 1. The van der Waals surface area contributed by atoms with Gasteiger partial charge in [-0.3, -0.25) is 15.1 Å². The third-order valence-electron chi connectivity index (χ3n) is 3.96. The Bertz CT molecular complexity index is 995. The minimum absolute atomic E-state index is 0.129. The number of hydrazone groups is 1. The van der Waals surface area contributed by atoms with Crippen LogP contribution < -0.4 is 15.9 Å². The van der Waals surface area contributed by atoms with E-state index in [0.717, 1.165) is 27.6 Å². The summed E-state index contributed by atoms with van der Waals surface area (Å²) in [6.45, 7) is 2.11. The van der Waals surface area contributed by atoms with Crippen LogP contribution in [0.3, 0.4) is 0 Å². The van der Waals surface area contributed by atoms with Crippen LogP contribution in [0.2, 0.25) is 0 Å². The number of nitrogens with zero attached hydrogens (tertiary/aromatic N) is 3. The molecule has 0 fully saturated rings. The van der Waals surface area contributed by atoms with Crippen LogP contribution >= 0.6 is 23.1 Å². The molecule has 1 aromatic carbocycles. The van der Waals surface area contributed by atoms with Gasteiger partial charge >= 0.3 is 0 Å². The molecule has 1 atom stereocenters. The Labute approximate surface area is 159 Å². The summed E-state index contributed by atoms with van der Waals surface area (Å²) in [7, 11) is 0. The zero-order valence-electron chi connectivity index (χ0n) is 14.3. The molecular weight excluding hydrogens is 364 g/mol. The van der Waals surface area contributed by atoms with Crippen molar-refractivity contribution in [1.82, 2.24) is 10.3 Å². The van der Waals surface area contributed by atoms with E-state index < -0.39 is 0 Å². The van der Waals surface area contributed by atoms with Gasteiger partial charge in [-0.2, -0.15) is 0 Å². The van der Waals surface area contributed by atoms with Crippen LogP contribution in [0.4, 0.5) is 0 Å². The number of hydrogen-bond acceptors (Lipinski definition) is 6. The van der Waals surface area contributed by atoms with Gasteiger partial charge in [-0.1, -0.05) is 43.0 Å². The van der Waals surface area contributed by atoms with E-state index in [4.69, 9.17) is 4.99 Å². The predicted molar refractivity (Wildman–Crippen MR) is 108 cm³/mol. The number of rotatable bonds is 4. The number of benzene rings is 1. The highest BCUT2D eigenvalue weighted by atomic mass is 32.2. The van der Waals surface area contributed by atoms with Crippen LogP contribution in [0, 0.1) is 0 Å². The first-order valence-electron chi connectivity index (χ1n) is 8.47. The SMILES string of the molecule is CCCSC1=NN2C(=c3ccccc3=N[C@@H]2/C=C/c2cccs2)C(=O)N1. The molecule has 26 heavy (non-hydrogen) atoms. The number of nitrogens with one attached hydrogen (secondary N) is 1. The first-order valence-corrected chi connectivity index (χ1v) is 10.3. The molecular formula is C19H18N4OS2. The highest BCUT2D eigenvalue weighted by molar-refractivity contribution is 8.13. The maximum Gasteiger partial charge on any atom is 0.276 e. The van der Waals surface area contributed by atoms with Crippen molar-refractivity contribution >= 4 is 45.9 Å². The van der Waals surface area contributed by atoms with Crippen molar-refractivity contribution in [1.29, 1.82) is 0 Å². The number of thiophene rings is 1. The number of thioether (sulfide) groups is 1. The van der Waals surface area contributed by atoms with Crippen LogP contribution in [0.15, 0.2) is 57.9 Å². The molecule has 0 saturated heterocycles. The van der Waals surface area contributed by atoms with Crippen molar-refractivity contribution in [3.8, 4) is 0 Å². The van der Waals surface area contributed by atoms with E-state index in [1.54, 1.807) is 28.1 Å². The van der Waals surface area contributed by atoms with E-state index in [1.165, 1.54) is 0 Å². The van der Waals surface area contributed by atoms with Gasteiger partial charge in [0.15, 0.2) is 11.3 Å². The molecule has 3 heterocycles. The van der Waals surface area contributed by atoms with Gasteiger partial charge in [0.05, 0.1) is 5.36 Å². The lowest BCUT2D eigenvalue weighted by Gasteiger charge is -2.32. The van der Waals surface area contributed by atoms with Crippen LogP contribution in [-0.4, -0.2) is 28.0 Å². The molecule has 1 aromatic heterocycles. The maximum atomic E-state index is 12.8. The normalized spacial score (nSPS) is 18.9. The summed E-state index contributed by atoms with van der Waals surface area (Å²) >= 11 is 3.22. The van der Waals surface area contributed by atoms with E-state index in [9.17, 15) is 4.79 Å². The second kappa shape index (κ2) is 7.47. The fourth-order valence-corrected chi connectivity index (χ4v) is 4.15. The van der Waals surface area contributed by atoms with Gasteiger partial charge in [0.1, 0.15) is 5.70 Å². The van der Waals surface area contributed by atoms with E-state index >= 15 is 0 Å². The Kier molecular flexibility index (Phi) is 4.90. The number of amides is 1. The van der Waals surface area contributed by atoms with Crippen molar-refractivity contribution in [2.45, 2.75) is 19.5 Å². The first-order chi connectivity index (χ1) is 12.8. The molecule has 1 amide bonds. The van der Waals surface area contributed by atoms with Gasteiger partial charge in [-0.05, 0) is 36.1 Å². The van der Waals surface area contributed by atoms with Gasteiger partial charge in [0, 0.05) is 15.8 Å². The predicted octanol–water partition coefficient (Wildman–Crippen LogP) is 2.38.